The Morgan fingerprint density at radius 1 is 1.22 bits per heavy atom. The van der Waals surface area contributed by atoms with Gasteiger partial charge < -0.3 is 4.90 Å². The molecule has 1 amide bonds. The van der Waals surface area contributed by atoms with Crippen LogP contribution in [0, 0.1) is 5.82 Å². The Bertz CT molecular complexity index is 900. The van der Waals surface area contributed by atoms with E-state index in [2.05, 4.69) is 4.98 Å². The molecule has 6 nitrogen and oxygen atoms in total. The zero-order valence-electron chi connectivity index (χ0n) is 15.2. The average molecular weight is 391 g/mol. The maximum atomic E-state index is 13.1. The van der Waals surface area contributed by atoms with Crippen molar-refractivity contribution in [1.29, 1.82) is 0 Å². The highest BCUT2D eigenvalue weighted by Crippen LogP contribution is 2.34. The molecule has 0 saturated heterocycles. The highest BCUT2D eigenvalue weighted by atomic mass is 32.2. The summed E-state index contributed by atoms with van der Waals surface area (Å²) in [5.74, 6) is -0.791. The first-order valence-electron chi connectivity index (χ1n) is 8.74. The molecule has 8 heteroatoms. The second-order valence-corrected chi connectivity index (χ2v) is 8.72. The Morgan fingerprint density at radius 2 is 1.89 bits per heavy atom. The predicted molar refractivity (Wildman–Crippen MR) is 98.7 cm³/mol. The van der Waals surface area contributed by atoms with Crippen LogP contribution in [0.4, 0.5) is 4.39 Å². The van der Waals surface area contributed by atoms with Crippen LogP contribution in [-0.4, -0.2) is 48.1 Å². The van der Waals surface area contributed by atoms with E-state index < -0.39 is 15.8 Å². The SMILES string of the molecule is CC(c1ccccn1)N(C(=O)CN(C)S(=O)(=O)c1ccc(F)cc1)C1CC1. The number of halogens is 1. The van der Waals surface area contributed by atoms with E-state index in [1.807, 2.05) is 25.1 Å². The molecule has 1 heterocycles. The number of sulfonamides is 1. The zero-order valence-corrected chi connectivity index (χ0v) is 16.1. The minimum Gasteiger partial charge on any atom is -0.330 e. The zero-order chi connectivity index (χ0) is 19.6. The van der Waals surface area contributed by atoms with Crippen molar-refractivity contribution >= 4 is 15.9 Å². The van der Waals surface area contributed by atoms with Gasteiger partial charge in [-0.1, -0.05) is 6.07 Å². The topological polar surface area (TPSA) is 70.6 Å². The van der Waals surface area contributed by atoms with Crippen LogP contribution >= 0.6 is 0 Å². The average Bonchev–Trinajstić information content (AvgIpc) is 3.47. The van der Waals surface area contributed by atoms with E-state index in [-0.39, 0.29) is 29.4 Å². The quantitative estimate of drug-likeness (QED) is 0.727. The van der Waals surface area contributed by atoms with E-state index in [4.69, 9.17) is 0 Å². The highest BCUT2D eigenvalue weighted by Gasteiger charge is 2.38. The molecular weight excluding hydrogens is 369 g/mol. The van der Waals surface area contributed by atoms with E-state index in [9.17, 15) is 17.6 Å². The van der Waals surface area contributed by atoms with Crippen LogP contribution in [0.1, 0.15) is 31.5 Å². The van der Waals surface area contributed by atoms with Crippen molar-refractivity contribution in [2.75, 3.05) is 13.6 Å². The van der Waals surface area contributed by atoms with Gasteiger partial charge in [0.2, 0.25) is 15.9 Å². The predicted octanol–water partition coefficient (Wildman–Crippen LogP) is 2.59. The lowest BCUT2D eigenvalue weighted by molar-refractivity contribution is -0.134. The van der Waals surface area contributed by atoms with Gasteiger partial charge in [-0.2, -0.15) is 4.31 Å². The molecule has 0 aliphatic heterocycles. The van der Waals surface area contributed by atoms with E-state index in [1.54, 1.807) is 11.1 Å². The Balaban J connectivity index is 1.76. The Labute approximate surface area is 158 Å². The van der Waals surface area contributed by atoms with E-state index in [0.29, 0.717) is 0 Å². The highest BCUT2D eigenvalue weighted by molar-refractivity contribution is 7.89. The van der Waals surface area contributed by atoms with Crippen LogP contribution in [0.3, 0.4) is 0 Å². The summed E-state index contributed by atoms with van der Waals surface area (Å²) < 4.78 is 39.4. The lowest BCUT2D eigenvalue weighted by Crippen LogP contribution is -2.43. The van der Waals surface area contributed by atoms with Crippen molar-refractivity contribution in [1.82, 2.24) is 14.2 Å². The van der Waals surface area contributed by atoms with Crippen LogP contribution in [0.2, 0.25) is 0 Å². The molecule has 0 spiro atoms. The molecule has 0 bridgehead atoms. The molecule has 1 aromatic heterocycles. The van der Waals surface area contributed by atoms with E-state index in [1.165, 1.54) is 19.2 Å². The van der Waals surface area contributed by atoms with Gasteiger partial charge in [0.25, 0.3) is 0 Å². The van der Waals surface area contributed by atoms with Gasteiger partial charge in [0.05, 0.1) is 23.2 Å². The number of hydrogen-bond acceptors (Lipinski definition) is 4. The molecule has 1 unspecified atom stereocenters. The summed E-state index contributed by atoms with van der Waals surface area (Å²) in [6.45, 7) is 1.61. The van der Waals surface area contributed by atoms with Crippen LogP contribution < -0.4 is 0 Å². The molecule has 1 atom stereocenters. The van der Waals surface area contributed by atoms with Crippen molar-refractivity contribution in [3.05, 3.63) is 60.2 Å². The van der Waals surface area contributed by atoms with Crippen molar-refractivity contribution < 1.29 is 17.6 Å². The molecule has 144 valence electrons. The van der Waals surface area contributed by atoms with Crippen LogP contribution in [0.25, 0.3) is 0 Å². The third-order valence-corrected chi connectivity index (χ3v) is 6.46. The van der Waals surface area contributed by atoms with E-state index >= 15 is 0 Å². The third-order valence-electron chi connectivity index (χ3n) is 4.64. The summed E-state index contributed by atoms with van der Waals surface area (Å²) in [4.78, 5) is 18.9. The number of rotatable bonds is 7. The Morgan fingerprint density at radius 3 is 2.44 bits per heavy atom. The molecule has 27 heavy (non-hydrogen) atoms. The molecular formula is C19H22FN3O3S. The van der Waals surface area contributed by atoms with Gasteiger partial charge in [-0.05, 0) is 56.2 Å². The van der Waals surface area contributed by atoms with Gasteiger partial charge in [0, 0.05) is 19.3 Å². The molecule has 1 aliphatic carbocycles. The summed E-state index contributed by atoms with van der Waals surface area (Å²) in [6, 6.07) is 9.95. The Kier molecular flexibility index (Phi) is 5.57. The fraction of sp³-hybridized carbons (Fsp3) is 0.368. The molecule has 1 aromatic carbocycles. The largest absolute Gasteiger partial charge is 0.330 e. The van der Waals surface area contributed by atoms with Crippen molar-refractivity contribution in [3.8, 4) is 0 Å². The number of likely N-dealkylation sites (N-methyl/N-ethyl adjacent to an activating group) is 1. The first kappa shape index (κ1) is 19.4. The lowest BCUT2D eigenvalue weighted by atomic mass is 10.1. The molecule has 1 aliphatic rings. The number of benzene rings is 1. The van der Waals surface area contributed by atoms with Gasteiger partial charge in [-0.15, -0.1) is 0 Å². The molecule has 1 saturated carbocycles. The van der Waals surface area contributed by atoms with Gasteiger partial charge >= 0.3 is 0 Å². The van der Waals surface area contributed by atoms with Crippen molar-refractivity contribution in [3.63, 3.8) is 0 Å². The van der Waals surface area contributed by atoms with Crippen LogP contribution in [-0.2, 0) is 14.8 Å². The maximum Gasteiger partial charge on any atom is 0.243 e. The van der Waals surface area contributed by atoms with Crippen molar-refractivity contribution in [2.45, 2.75) is 36.7 Å². The monoisotopic (exact) mass is 391 g/mol. The summed E-state index contributed by atoms with van der Waals surface area (Å²) in [7, 11) is -2.52. The summed E-state index contributed by atoms with van der Waals surface area (Å²) in [5, 5.41) is 0. The second kappa shape index (κ2) is 7.74. The second-order valence-electron chi connectivity index (χ2n) is 6.68. The number of amides is 1. The fourth-order valence-electron chi connectivity index (χ4n) is 3.00. The minimum atomic E-state index is -3.88. The normalized spacial score (nSPS) is 15.6. The van der Waals surface area contributed by atoms with Gasteiger partial charge in [-0.3, -0.25) is 9.78 Å². The summed E-state index contributed by atoms with van der Waals surface area (Å²) in [5.41, 5.74) is 0.766. The fourth-order valence-corrected chi connectivity index (χ4v) is 4.12. The maximum absolute atomic E-state index is 13.1. The number of carbonyl (C=O) groups excluding carboxylic acids is 1. The van der Waals surface area contributed by atoms with E-state index in [0.717, 1.165) is 35.0 Å². The standard InChI is InChI=1S/C19H22FN3O3S/c1-14(18-5-3-4-12-21-18)23(16-8-9-16)19(24)13-22(2)27(25,26)17-10-6-15(20)7-11-17/h3-7,10-12,14,16H,8-9,13H2,1-2H3. The lowest BCUT2D eigenvalue weighted by Gasteiger charge is -2.30. The Hall–Kier alpha value is -2.32. The molecule has 3 rings (SSSR count). The molecule has 0 N–H and O–H groups in total. The third kappa shape index (κ3) is 4.33. The van der Waals surface area contributed by atoms with Gasteiger partial charge in [0.1, 0.15) is 5.82 Å². The minimum absolute atomic E-state index is 0.0463. The number of pyridine rings is 1. The van der Waals surface area contributed by atoms with Gasteiger partial charge in [0.15, 0.2) is 0 Å². The number of aromatic nitrogens is 1. The number of carbonyl (C=O) groups is 1. The first-order valence-corrected chi connectivity index (χ1v) is 10.2. The summed E-state index contributed by atoms with van der Waals surface area (Å²) >= 11 is 0. The summed E-state index contributed by atoms with van der Waals surface area (Å²) in [6.07, 6.45) is 3.47. The molecule has 1 fully saturated rings. The molecule has 2 aromatic rings. The van der Waals surface area contributed by atoms with Crippen LogP contribution in [0.5, 0.6) is 0 Å². The van der Waals surface area contributed by atoms with Crippen molar-refractivity contribution in [2.24, 2.45) is 0 Å². The number of nitrogens with zero attached hydrogens (tertiary/aromatic N) is 3. The van der Waals surface area contributed by atoms with Gasteiger partial charge in [-0.25, -0.2) is 12.8 Å². The number of hydrogen-bond donors (Lipinski definition) is 0. The van der Waals surface area contributed by atoms with Crippen LogP contribution in [0.15, 0.2) is 53.6 Å². The smallest absolute Gasteiger partial charge is 0.243 e. The first-order chi connectivity index (χ1) is 12.8. The molecule has 0 radical (unpaired) electrons.